The maximum absolute atomic E-state index is 5.23. The predicted molar refractivity (Wildman–Crippen MR) is 230 cm³/mol. The number of fused-ring (bicyclic) bond motifs is 5. The molecule has 54 heavy (non-hydrogen) atoms. The number of hydrogen-bond donors (Lipinski definition) is 0. The second-order valence-electron chi connectivity index (χ2n) is 13.9. The van der Waals surface area contributed by atoms with Crippen LogP contribution < -0.4 is 4.90 Å². The van der Waals surface area contributed by atoms with Gasteiger partial charge in [-0.3, -0.25) is 0 Å². The smallest absolute Gasteiger partial charge is 0.124 e. The average molecular weight is 705 g/mol. The Balaban J connectivity index is 1.14. The van der Waals surface area contributed by atoms with Crippen molar-refractivity contribution in [2.75, 3.05) is 4.90 Å². The fourth-order valence-corrected chi connectivity index (χ4v) is 9.57. The molecule has 1 aromatic heterocycles. The Kier molecular flexibility index (Phi) is 7.07. The van der Waals surface area contributed by atoms with Crippen molar-refractivity contribution in [3.8, 4) is 54.5 Å². The van der Waals surface area contributed by atoms with E-state index in [1.54, 1.807) is 11.3 Å². The van der Waals surface area contributed by atoms with Gasteiger partial charge in [0, 0.05) is 44.2 Å². The number of benzene rings is 9. The van der Waals surface area contributed by atoms with E-state index >= 15 is 0 Å². The largest absolute Gasteiger partial charge is 0.309 e. The summed E-state index contributed by atoms with van der Waals surface area (Å²) in [7, 11) is 0. The van der Waals surface area contributed by atoms with E-state index < -0.39 is 0 Å². The van der Waals surface area contributed by atoms with E-state index in [2.05, 4.69) is 199 Å². The van der Waals surface area contributed by atoms with E-state index in [-0.39, 0.29) is 0 Å². The normalized spacial score (nSPS) is 11.7. The minimum atomic E-state index is 1.07. The number of para-hydroxylation sites is 1. The highest BCUT2D eigenvalue weighted by Crippen LogP contribution is 2.55. The third-order valence-corrected chi connectivity index (χ3v) is 12.0. The van der Waals surface area contributed by atoms with Crippen LogP contribution in [-0.4, -0.2) is 4.98 Å². The first-order chi connectivity index (χ1) is 26.8. The average Bonchev–Trinajstić information content (AvgIpc) is 3.82. The van der Waals surface area contributed by atoms with Crippen LogP contribution in [0.3, 0.4) is 0 Å². The van der Waals surface area contributed by atoms with Crippen molar-refractivity contribution < 1.29 is 0 Å². The molecule has 0 spiro atoms. The van der Waals surface area contributed by atoms with Crippen LogP contribution in [0.25, 0.3) is 86.8 Å². The van der Waals surface area contributed by atoms with Gasteiger partial charge in [0.1, 0.15) is 5.01 Å². The van der Waals surface area contributed by atoms with Gasteiger partial charge in [-0.2, -0.15) is 0 Å². The highest BCUT2D eigenvalue weighted by atomic mass is 32.1. The van der Waals surface area contributed by atoms with Crippen molar-refractivity contribution in [1.29, 1.82) is 0 Å². The Morgan fingerprint density at radius 2 is 0.889 bits per heavy atom. The lowest BCUT2D eigenvalue weighted by atomic mass is 9.87. The van der Waals surface area contributed by atoms with Gasteiger partial charge in [-0.25, -0.2) is 4.98 Å². The molecular formula is C51H32N2S. The highest BCUT2D eigenvalue weighted by Gasteiger charge is 2.29. The Morgan fingerprint density at radius 1 is 0.370 bits per heavy atom. The highest BCUT2D eigenvalue weighted by molar-refractivity contribution is 7.19. The van der Waals surface area contributed by atoms with Crippen molar-refractivity contribution in [3.63, 3.8) is 0 Å². The zero-order chi connectivity index (χ0) is 35.6. The van der Waals surface area contributed by atoms with Crippen LogP contribution in [0, 0.1) is 0 Å². The predicted octanol–water partition coefficient (Wildman–Crippen LogP) is 14.7. The molecule has 1 aliphatic carbocycles. The standard InChI is InChI=1S/C51H32N2S/c1-4-15-33(16-5-1)34-27-29-37(30-28-34)53(36-19-8-3-9-20-36)49-42-23-12-10-21-39(42)46(40-22-11-13-24-43(40)49)41-31-32-44-47-38(41)25-14-26-45(47)50-48(44)52-51(54-50)35-17-6-2-7-18-35/h1-32H. The zero-order valence-electron chi connectivity index (χ0n) is 29.3. The molecular weight excluding hydrogens is 673 g/mol. The second kappa shape index (κ2) is 12.4. The van der Waals surface area contributed by atoms with Crippen LogP contribution in [0.2, 0.25) is 0 Å². The molecule has 0 fully saturated rings. The van der Waals surface area contributed by atoms with Gasteiger partial charge in [0.05, 0.1) is 16.3 Å². The Bertz CT molecular complexity index is 2940. The van der Waals surface area contributed by atoms with Gasteiger partial charge in [0.15, 0.2) is 0 Å². The Hall–Kier alpha value is -6.81. The van der Waals surface area contributed by atoms with E-state index in [4.69, 9.17) is 4.98 Å². The lowest BCUT2D eigenvalue weighted by molar-refractivity contribution is 1.31. The maximum atomic E-state index is 5.23. The summed E-state index contributed by atoms with van der Waals surface area (Å²) in [6, 6.07) is 70.2. The molecule has 0 unspecified atom stereocenters. The third kappa shape index (κ3) is 4.76. The summed E-state index contributed by atoms with van der Waals surface area (Å²) in [5.74, 6) is 0. The lowest BCUT2D eigenvalue weighted by Crippen LogP contribution is -2.11. The Labute approximate surface area is 317 Å². The van der Waals surface area contributed by atoms with Crippen LogP contribution in [-0.2, 0) is 0 Å². The van der Waals surface area contributed by atoms with Gasteiger partial charge in [-0.15, -0.1) is 11.3 Å². The molecule has 11 rings (SSSR count). The molecule has 0 amide bonds. The second-order valence-corrected chi connectivity index (χ2v) is 14.8. The number of anilines is 3. The van der Waals surface area contributed by atoms with Gasteiger partial charge < -0.3 is 4.90 Å². The molecule has 9 aromatic carbocycles. The van der Waals surface area contributed by atoms with Crippen LogP contribution >= 0.6 is 11.3 Å². The van der Waals surface area contributed by atoms with Gasteiger partial charge in [-0.05, 0) is 62.7 Å². The molecule has 0 saturated carbocycles. The summed E-state index contributed by atoms with van der Waals surface area (Å²) in [5.41, 5.74) is 13.1. The van der Waals surface area contributed by atoms with E-state index in [9.17, 15) is 0 Å². The summed E-state index contributed by atoms with van der Waals surface area (Å²) >= 11 is 1.80. The first-order valence-corrected chi connectivity index (χ1v) is 19.2. The number of hydrogen-bond acceptors (Lipinski definition) is 3. The molecule has 0 atom stereocenters. The van der Waals surface area contributed by atoms with Crippen molar-refractivity contribution in [2.24, 2.45) is 0 Å². The molecule has 1 heterocycles. The molecule has 0 saturated heterocycles. The number of thiazole rings is 1. The minimum Gasteiger partial charge on any atom is -0.309 e. The summed E-state index contributed by atoms with van der Waals surface area (Å²) in [5, 5.41) is 8.49. The van der Waals surface area contributed by atoms with Crippen molar-refractivity contribution in [3.05, 3.63) is 194 Å². The molecule has 0 bridgehead atoms. The summed E-state index contributed by atoms with van der Waals surface area (Å²) in [6.45, 7) is 0. The summed E-state index contributed by atoms with van der Waals surface area (Å²) in [4.78, 5) is 8.92. The van der Waals surface area contributed by atoms with Crippen molar-refractivity contribution >= 4 is 60.7 Å². The SMILES string of the molecule is c1ccc(-c2ccc(N(c3ccccc3)c3c4ccccc4c(-c4ccc5c6c(cccc46)-c4sc(-c6ccccc6)nc4-5)c4ccccc34)cc2)cc1. The van der Waals surface area contributed by atoms with Crippen LogP contribution in [0.4, 0.5) is 17.1 Å². The summed E-state index contributed by atoms with van der Waals surface area (Å²) in [6.07, 6.45) is 0. The van der Waals surface area contributed by atoms with E-state index in [0.29, 0.717) is 0 Å². The fraction of sp³-hybridized carbons (Fsp3) is 0. The lowest BCUT2D eigenvalue weighted by Gasteiger charge is -2.30. The van der Waals surface area contributed by atoms with Gasteiger partial charge >= 0.3 is 0 Å². The van der Waals surface area contributed by atoms with Crippen LogP contribution in [0.15, 0.2) is 194 Å². The fourth-order valence-electron chi connectivity index (χ4n) is 8.46. The molecule has 10 aromatic rings. The van der Waals surface area contributed by atoms with Gasteiger partial charge in [0.2, 0.25) is 0 Å². The molecule has 0 radical (unpaired) electrons. The van der Waals surface area contributed by atoms with Crippen molar-refractivity contribution in [1.82, 2.24) is 4.98 Å². The maximum Gasteiger partial charge on any atom is 0.124 e. The topological polar surface area (TPSA) is 16.1 Å². The molecule has 0 aliphatic heterocycles. The Morgan fingerprint density at radius 3 is 1.56 bits per heavy atom. The molecule has 3 heteroatoms. The minimum absolute atomic E-state index is 1.07. The molecule has 252 valence electrons. The van der Waals surface area contributed by atoms with E-state index in [0.717, 1.165) is 27.6 Å². The van der Waals surface area contributed by atoms with E-state index in [1.807, 2.05) is 0 Å². The molecule has 2 nitrogen and oxygen atoms in total. The third-order valence-electron chi connectivity index (χ3n) is 10.8. The first kappa shape index (κ1) is 30.8. The molecule has 1 aliphatic rings. The number of rotatable bonds is 6. The van der Waals surface area contributed by atoms with Gasteiger partial charge in [-0.1, -0.05) is 170 Å². The summed E-state index contributed by atoms with van der Waals surface area (Å²) < 4.78 is 0. The number of aromatic nitrogens is 1. The quantitative estimate of drug-likeness (QED) is 0.160. The monoisotopic (exact) mass is 704 g/mol. The number of nitrogens with zero attached hydrogens (tertiary/aromatic N) is 2. The van der Waals surface area contributed by atoms with Gasteiger partial charge in [0.25, 0.3) is 0 Å². The molecule has 0 N–H and O–H groups in total. The van der Waals surface area contributed by atoms with E-state index in [1.165, 1.54) is 76.3 Å². The van der Waals surface area contributed by atoms with Crippen molar-refractivity contribution in [2.45, 2.75) is 0 Å². The first-order valence-electron chi connectivity index (χ1n) is 18.4. The zero-order valence-corrected chi connectivity index (χ0v) is 30.1. The van der Waals surface area contributed by atoms with Crippen LogP contribution in [0.1, 0.15) is 0 Å². The van der Waals surface area contributed by atoms with Crippen LogP contribution in [0.5, 0.6) is 0 Å².